The highest BCUT2D eigenvalue weighted by atomic mass is 35.5. The summed E-state index contributed by atoms with van der Waals surface area (Å²) in [6, 6.07) is 9.38. The molecule has 0 saturated carbocycles. The number of hydrogen-bond acceptors (Lipinski definition) is 5. The van der Waals surface area contributed by atoms with E-state index in [-0.39, 0.29) is 18.3 Å². The van der Waals surface area contributed by atoms with Crippen molar-refractivity contribution in [3.05, 3.63) is 44.6 Å². The number of carbonyl (C=O) groups is 1. The molecule has 1 aromatic carbocycles. The van der Waals surface area contributed by atoms with Crippen LogP contribution in [0.2, 0.25) is 9.36 Å². The Kier molecular flexibility index (Phi) is 7.70. The van der Waals surface area contributed by atoms with Gasteiger partial charge in [-0.3, -0.25) is 9.69 Å². The third kappa shape index (κ3) is 5.09. The zero-order valence-corrected chi connectivity index (χ0v) is 18.2. The molecule has 140 valence electrons. The summed E-state index contributed by atoms with van der Waals surface area (Å²) >= 11 is 15.1. The number of rotatable bonds is 6. The summed E-state index contributed by atoms with van der Waals surface area (Å²) in [5.74, 6) is 0.00976. The van der Waals surface area contributed by atoms with E-state index in [1.54, 1.807) is 4.90 Å². The predicted molar refractivity (Wildman–Crippen MR) is 116 cm³/mol. The SMILES string of the molecule is CN(C)CCN(C(=O)Cc1ccc(Cl)s1)c1nc2c(Cl)cccc2s1.Cl. The van der Waals surface area contributed by atoms with E-state index in [4.69, 9.17) is 23.2 Å². The lowest BCUT2D eigenvalue weighted by Crippen LogP contribution is -2.37. The van der Waals surface area contributed by atoms with Gasteiger partial charge in [0.25, 0.3) is 0 Å². The molecular weight excluding hydrogens is 433 g/mol. The summed E-state index contributed by atoms with van der Waals surface area (Å²) in [5, 5.41) is 1.28. The van der Waals surface area contributed by atoms with Crippen LogP contribution in [-0.2, 0) is 11.2 Å². The monoisotopic (exact) mass is 449 g/mol. The summed E-state index contributed by atoms with van der Waals surface area (Å²) in [7, 11) is 3.97. The van der Waals surface area contributed by atoms with E-state index in [2.05, 4.69) is 4.98 Å². The van der Waals surface area contributed by atoms with Crippen molar-refractivity contribution in [2.75, 3.05) is 32.1 Å². The normalized spacial score (nSPS) is 11.0. The molecule has 0 fully saturated rings. The Morgan fingerprint density at radius 2 is 1.88 bits per heavy atom. The van der Waals surface area contributed by atoms with Gasteiger partial charge in [-0.25, -0.2) is 4.98 Å². The molecule has 0 N–H and O–H groups in total. The van der Waals surface area contributed by atoms with Crippen LogP contribution < -0.4 is 4.90 Å². The molecular formula is C17H18Cl3N3OS2. The smallest absolute Gasteiger partial charge is 0.234 e. The summed E-state index contributed by atoms with van der Waals surface area (Å²) < 4.78 is 1.67. The number of likely N-dealkylation sites (N-methyl/N-ethyl adjacent to an activating group) is 1. The number of nitrogens with zero attached hydrogens (tertiary/aromatic N) is 3. The van der Waals surface area contributed by atoms with Crippen molar-refractivity contribution in [2.45, 2.75) is 6.42 Å². The lowest BCUT2D eigenvalue weighted by molar-refractivity contribution is -0.118. The van der Waals surface area contributed by atoms with Crippen LogP contribution in [0.15, 0.2) is 30.3 Å². The number of benzene rings is 1. The van der Waals surface area contributed by atoms with Crippen LogP contribution >= 0.6 is 58.3 Å². The number of halogens is 3. The summed E-state index contributed by atoms with van der Waals surface area (Å²) in [5.41, 5.74) is 0.742. The van der Waals surface area contributed by atoms with Crippen LogP contribution in [-0.4, -0.2) is 43.0 Å². The number of thiazole rings is 1. The first-order valence-corrected chi connectivity index (χ1v) is 10.1. The molecule has 0 aliphatic rings. The molecule has 3 aromatic rings. The molecule has 0 radical (unpaired) electrons. The predicted octanol–water partition coefficient (Wildman–Crippen LogP) is 5.22. The molecule has 9 heteroatoms. The first-order chi connectivity index (χ1) is 11.9. The summed E-state index contributed by atoms with van der Waals surface area (Å²) in [4.78, 5) is 22.2. The van der Waals surface area contributed by atoms with E-state index in [1.807, 2.05) is 49.3 Å². The molecule has 0 aliphatic heterocycles. The fraction of sp³-hybridized carbons (Fsp3) is 0.294. The van der Waals surface area contributed by atoms with Crippen molar-refractivity contribution in [3.8, 4) is 0 Å². The van der Waals surface area contributed by atoms with Crippen LogP contribution in [0.25, 0.3) is 10.2 Å². The minimum atomic E-state index is 0. The van der Waals surface area contributed by atoms with Crippen molar-refractivity contribution >= 4 is 79.5 Å². The van der Waals surface area contributed by atoms with Gasteiger partial charge in [-0.1, -0.05) is 40.6 Å². The van der Waals surface area contributed by atoms with Crippen LogP contribution in [0, 0.1) is 0 Å². The fourth-order valence-electron chi connectivity index (χ4n) is 2.34. The van der Waals surface area contributed by atoms with Gasteiger partial charge < -0.3 is 4.90 Å². The molecule has 2 aromatic heterocycles. The first kappa shape index (κ1) is 21.4. The van der Waals surface area contributed by atoms with Crippen molar-refractivity contribution < 1.29 is 4.79 Å². The second-order valence-electron chi connectivity index (χ2n) is 5.81. The Morgan fingerprint density at radius 3 is 2.50 bits per heavy atom. The van der Waals surface area contributed by atoms with Gasteiger partial charge in [0.1, 0.15) is 5.52 Å². The molecule has 0 atom stereocenters. The number of fused-ring (bicyclic) bond motifs is 1. The van der Waals surface area contributed by atoms with Crippen LogP contribution in [0.4, 0.5) is 5.13 Å². The molecule has 4 nitrogen and oxygen atoms in total. The highest BCUT2D eigenvalue weighted by Gasteiger charge is 2.21. The van der Waals surface area contributed by atoms with Crippen molar-refractivity contribution in [3.63, 3.8) is 0 Å². The average molecular weight is 451 g/mol. The van der Waals surface area contributed by atoms with Crippen LogP contribution in [0.3, 0.4) is 0 Å². The number of amides is 1. The topological polar surface area (TPSA) is 36.4 Å². The van der Waals surface area contributed by atoms with Gasteiger partial charge in [0.2, 0.25) is 5.91 Å². The van der Waals surface area contributed by atoms with Gasteiger partial charge >= 0.3 is 0 Å². The number of carbonyl (C=O) groups excluding carboxylic acids is 1. The lowest BCUT2D eigenvalue weighted by atomic mass is 10.3. The second kappa shape index (κ2) is 9.35. The zero-order valence-electron chi connectivity index (χ0n) is 14.2. The standard InChI is InChI=1S/C17H17Cl2N3OS2.ClH/c1-21(2)8-9-22(15(23)10-11-6-7-14(19)24-11)17-20-16-12(18)4-3-5-13(16)25-17;/h3-7H,8-10H2,1-2H3;1H. The van der Waals surface area contributed by atoms with E-state index in [1.165, 1.54) is 22.7 Å². The maximum Gasteiger partial charge on any atom is 0.234 e. The number of para-hydroxylation sites is 1. The van der Waals surface area contributed by atoms with Gasteiger partial charge in [0.05, 0.1) is 20.5 Å². The Hall–Kier alpha value is -0.890. The Balaban J connectivity index is 0.00000243. The Labute approximate surface area is 176 Å². The van der Waals surface area contributed by atoms with Crippen LogP contribution in [0.1, 0.15) is 4.88 Å². The average Bonchev–Trinajstić information content (AvgIpc) is 3.14. The highest BCUT2D eigenvalue weighted by molar-refractivity contribution is 7.22. The molecule has 3 rings (SSSR count). The maximum absolute atomic E-state index is 12.9. The number of anilines is 1. The largest absolute Gasteiger partial charge is 0.308 e. The fourth-order valence-corrected chi connectivity index (χ4v) is 4.72. The first-order valence-electron chi connectivity index (χ1n) is 7.68. The zero-order chi connectivity index (χ0) is 18.0. The number of thiophene rings is 1. The molecule has 2 heterocycles. The minimum Gasteiger partial charge on any atom is -0.308 e. The number of hydrogen-bond donors (Lipinski definition) is 0. The van der Waals surface area contributed by atoms with Crippen LogP contribution in [0.5, 0.6) is 0 Å². The van der Waals surface area contributed by atoms with E-state index < -0.39 is 0 Å². The van der Waals surface area contributed by atoms with Gasteiger partial charge in [-0.15, -0.1) is 23.7 Å². The van der Waals surface area contributed by atoms with E-state index in [9.17, 15) is 4.79 Å². The Morgan fingerprint density at radius 1 is 1.12 bits per heavy atom. The third-order valence-corrected chi connectivity index (χ3v) is 6.20. The van der Waals surface area contributed by atoms with E-state index in [0.29, 0.717) is 27.5 Å². The third-order valence-electron chi connectivity index (χ3n) is 3.62. The van der Waals surface area contributed by atoms with Gasteiger partial charge in [-0.2, -0.15) is 0 Å². The molecule has 0 spiro atoms. The lowest BCUT2D eigenvalue weighted by Gasteiger charge is -2.21. The molecule has 0 saturated heterocycles. The van der Waals surface area contributed by atoms with Crippen molar-refractivity contribution in [2.24, 2.45) is 0 Å². The summed E-state index contributed by atoms with van der Waals surface area (Å²) in [6.07, 6.45) is 0.314. The van der Waals surface area contributed by atoms with Crippen molar-refractivity contribution in [1.82, 2.24) is 9.88 Å². The summed E-state index contributed by atoms with van der Waals surface area (Å²) in [6.45, 7) is 1.32. The molecule has 0 bridgehead atoms. The highest BCUT2D eigenvalue weighted by Crippen LogP contribution is 2.33. The molecule has 0 aliphatic carbocycles. The van der Waals surface area contributed by atoms with Crippen molar-refractivity contribution in [1.29, 1.82) is 0 Å². The molecule has 26 heavy (non-hydrogen) atoms. The number of aromatic nitrogens is 1. The maximum atomic E-state index is 12.9. The molecule has 0 unspecified atom stereocenters. The quantitative estimate of drug-likeness (QED) is 0.516. The Bertz CT molecular complexity index is 894. The minimum absolute atomic E-state index is 0. The van der Waals surface area contributed by atoms with Gasteiger partial charge in [0.15, 0.2) is 5.13 Å². The second-order valence-corrected chi connectivity index (χ2v) is 9.03. The van der Waals surface area contributed by atoms with Gasteiger partial charge in [-0.05, 0) is 38.4 Å². The van der Waals surface area contributed by atoms with Gasteiger partial charge in [0, 0.05) is 18.0 Å². The van der Waals surface area contributed by atoms with E-state index >= 15 is 0 Å². The van der Waals surface area contributed by atoms with E-state index in [0.717, 1.165) is 21.6 Å². The molecule has 1 amide bonds.